The molecule has 0 bridgehead atoms. The minimum Gasteiger partial charge on any atom is -0.387 e. The Bertz CT molecular complexity index is 1170. The normalized spacial score (nSPS) is 18.3. The molecule has 1 aliphatic heterocycles. The molecule has 2 N–H and O–H groups in total. The zero-order valence-electron chi connectivity index (χ0n) is 16.1. The number of sulfonamides is 1. The van der Waals surface area contributed by atoms with Gasteiger partial charge in [-0.3, -0.25) is 4.79 Å². The number of aryl methyl sites for hydroxylation is 2. The van der Waals surface area contributed by atoms with Crippen molar-refractivity contribution in [3.05, 3.63) is 71.1 Å². The lowest BCUT2D eigenvalue weighted by Crippen LogP contribution is -2.40. The fraction of sp³-hybridized carbons (Fsp3) is 0.238. The van der Waals surface area contributed by atoms with E-state index < -0.39 is 22.2 Å². The molecule has 2 heterocycles. The lowest BCUT2D eigenvalue weighted by Gasteiger charge is -2.16. The van der Waals surface area contributed by atoms with Crippen LogP contribution in [-0.4, -0.2) is 36.0 Å². The summed E-state index contributed by atoms with van der Waals surface area (Å²) in [5.41, 5.74) is 2.51. The number of nitrogens with one attached hydrogen (secondary N) is 1. The largest absolute Gasteiger partial charge is 0.387 e. The molecule has 1 aliphatic rings. The van der Waals surface area contributed by atoms with Gasteiger partial charge in [-0.25, -0.2) is 13.1 Å². The first-order valence-electron chi connectivity index (χ1n) is 8.91. The molecule has 7 nitrogen and oxygen atoms in total. The van der Waals surface area contributed by atoms with Crippen LogP contribution in [0.15, 0.2) is 48.0 Å². The first kappa shape index (κ1) is 20.7. The Morgan fingerprint density at radius 3 is 2.86 bits per heavy atom. The lowest BCUT2D eigenvalue weighted by molar-refractivity contribution is 0.0985. The number of hydrogen-bond acceptors (Lipinski definition) is 5. The molecule has 0 spiro atoms. The second-order valence-corrected chi connectivity index (χ2v) is 8.64. The van der Waals surface area contributed by atoms with Gasteiger partial charge in [-0.15, -0.1) is 6.58 Å². The third-order valence-corrected chi connectivity index (χ3v) is 6.38. The highest BCUT2D eigenvalue weighted by atomic mass is 32.2. The molecule has 0 radical (unpaired) electrons. The third kappa shape index (κ3) is 3.93. The number of ketones is 1. The summed E-state index contributed by atoms with van der Waals surface area (Å²) < 4.78 is 29.4. The highest BCUT2D eigenvalue weighted by molar-refractivity contribution is 7.89. The maximum absolute atomic E-state index is 13.0. The average molecular weight is 411 g/mol. The summed E-state index contributed by atoms with van der Waals surface area (Å²) in [7, 11) is -2.34. The quantitative estimate of drug-likeness (QED) is 0.576. The molecular weight excluding hydrogens is 390 g/mol. The molecule has 0 fully saturated rings. The van der Waals surface area contributed by atoms with Gasteiger partial charge in [0.15, 0.2) is 5.78 Å². The van der Waals surface area contributed by atoms with E-state index in [0.717, 1.165) is 5.56 Å². The van der Waals surface area contributed by atoms with Gasteiger partial charge in [-0.1, -0.05) is 30.4 Å². The van der Waals surface area contributed by atoms with Crippen LogP contribution in [0.2, 0.25) is 0 Å². The third-order valence-electron chi connectivity index (χ3n) is 4.90. The summed E-state index contributed by atoms with van der Waals surface area (Å²) in [5.74, 6) is -0.274. The highest BCUT2D eigenvalue weighted by Gasteiger charge is 2.31. The minimum atomic E-state index is -3.94. The molecule has 8 heteroatoms. The molecule has 0 aliphatic carbocycles. The molecule has 0 saturated carbocycles. The molecule has 2 atom stereocenters. The topological polar surface area (TPSA) is 112 Å². The summed E-state index contributed by atoms with van der Waals surface area (Å²) in [4.78, 5) is 13.0. The number of benzene rings is 1. The lowest BCUT2D eigenvalue weighted by atomic mass is 10.00. The van der Waals surface area contributed by atoms with Gasteiger partial charge in [0.25, 0.3) is 0 Å². The van der Waals surface area contributed by atoms with Crippen LogP contribution in [0.25, 0.3) is 6.08 Å². The van der Waals surface area contributed by atoms with Crippen LogP contribution in [-0.2, 0) is 23.5 Å². The van der Waals surface area contributed by atoms with E-state index in [9.17, 15) is 23.6 Å². The van der Waals surface area contributed by atoms with E-state index >= 15 is 0 Å². The molecule has 1 aromatic carbocycles. The summed E-state index contributed by atoms with van der Waals surface area (Å²) in [6.45, 7) is 5.30. The van der Waals surface area contributed by atoms with E-state index in [1.54, 1.807) is 25.2 Å². The van der Waals surface area contributed by atoms with Crippen LogP contribution >= 0.6 is 0 Å². The molecule has 0 amide bonds. The van der Waals surface area contributed by atoms with Crippen molar-refractivity contribution in [3.63, 3.8) is 0 Å². The maximum Gasteiger partial charge on any atom is 0.243 e. The average Bonchev–Trinajstić information content (AvgIpc) is 2.96. The highest BCUT2D eigenvalue weighted by Crippen LogP contribution is 2.28. The van der Waals surface area contributed by atoms with Gasteiger partial charge in [0.1, 0.15) is 4.90 Å². The molecule has 0 saturated heterocycles. The number of aliphatic hydroxyl groups excluding tert-OH is 1. The zero-order chi connectivity index (χ0) is 21.3. The Hall–Kier alpha value is -2.99. The van der Waals surface area contributed by atoms with Gasteiger partial charge in [-0.2, -0.15) is 5.26 Å². The SMILES string of the molecule is C=CC(O)C1C=Cc2c(cn(C)c2C(=O)Cc2ccc(C)c(C#N)c2)S(=O)(=O)N1. The number of hydrogen-bond donors (Lipinski definition) is 2. The van der Waals surface area contributed by atoms with E-state index in [1.165, 1.54) is 29.0 Å². The Labute approximate surface area is 169 Å². The van der Waals surface area contributed by atoms with E-state index in [0.29, 0.717) is 11.1 Å². The van der Waals surface area contributed by atoms with E-state index in [1.807, 2.05) is 6.92 Å². The summed E-state index contributed by atoms with van der Waals surface area (Å²) in [6.07, 6.45) is 4.59. The number of aliphatic hydroxyl groups is 1. The van der Waals surface area contributed by atoms with Crippen molar-refractivity contribution in [2.75, 3.05) is 0 Å². The second kappa shape index (κ2) is 7.79. The predicted molar refractivity (Wildman–Crippen MR) is 109 cm³/mol. The number of nitrogens with zero attached hydrogens (tertiary/aromatic N) is 2. The van der Waals surface area contributed by atoms with Gasteiger partial charge < -0.3 is 9.67 Å². The van der Waals surface area contributed by atoms with E-state index in [-0.39, 0.29) is 28.4 Å². The van der Waals surface area contributed by atoms with Crippen molar-refractivity contribution in [1.82, 2.24) is 9.29 Å². The number of carbonyl (C=O) groups excluding carboxylic acids is 1. The van der Waals surface area contributed by atoms with Crippen LogP contribution in [0.4, 0.5) is 0 Å². The standard InChI is InChI=1S/C21H21N3O4S/c1-4-18(25)17-8-7-16-20(29(27,28)23-17)12-24(3)21(16)19(26)10-14-6-5-13(2)15(9-14)11-22/h4-9,12,17-18,23,25H,1,10H2,2-3H3. The first-order valence-corrected chi connectivity index (χ1v) is 10.4. The summed E-state index contributed by atoms with van der Waals surface area (Å²) >= 11 is 0. The zero-order valence-corrected chi connectivity index (χ0v) is 16.9. The van der Waals surface area contributed by atoms with Gasteiger partial charge in [0.05, 0.1) is 29.5 Å². The van der Waals surface area contributed by atoms with Gasteiger partial charge in [0.2, 0.25) is 10.0 Å². The van der Waals surface area contributed by atoms with Crippen LogP contribution < -0.4 is 4.72 Å². The Morgan fingerprint density at radius 1 is 1.48 bits per heavy atom. The number of carbonyl (C=O) groups is 1. The maximum atomic E-state index is 13.0. The summed E-state index contributed by atoms with van der Waals surface area (Å²) in [5, 5.41) is 19.2. The van der Waals surface area contributed by atoms with E-state index in [2.05, 4.69) is 17.4 Å². The monoisotopic (exact) mass is 411 g/mol. The number of aromatic nitrogens is 1. The van der Waals surface area contributed by atoms with Crippen LogP contribution in [0.5, 0.6) is 0 Å². The van der Waals surface area contributed by atoms with Crippen molar-refractivity contribution in [2.45, 2.75) is 30.4 Å². The fourth-order valence-electron chi connectivity index (χ4n) is 3.32. The first-order chi connectivity index (χ1) is 13.7. The van der Waals surface area contributed by atoms with E-state index in [4.69, 9.17) is 0 Å². The molecule has 1 aromatic heterocycles. The van der Waals surface area contributed by atoms with Crippen LogP contribution in [0.1, 0.15) is 32.7 Å². The molecule has 150 valence electrons. The minimum absolute atomic E-state index is 0.0271. The Balaban J connectivity index is 2.03. The Morgan fingerprint density at radius 2 is 2.21 bits per heavy atom. The van der Waals surface area contributed by atoms with Crippen molar-refractivity contribution in [2.24, 2.45) is 7.05 Å². The number of Topliss-reactive ketones (excluding diaryl/α,β-unsaturated/α-hetero) is 1. The summed E-state index contributed by atoms with van der Waals surface area (Å²) in [6, 6.07) is 6.44. The van der Waals surface area contributed by atoms with Crippen molar-refractivity contribution < 1.29 is 18.3 Å². The van der Waals surface area contributed by atoms with Crippen molar-refractivity contribution in [3.8, 4) is 6.07 Å². The van der Waals surface area contributed by atoms with Crippen molar-refractivity contribution in [1.29, 1.82) is 5.26 Å². The molecular formula is C21H21N3O4S. The smallest absolute Gasteiger partial charge is 0.243 e. The number of rotatable bonds is 5. The van der Waals surface area contributed by atoms with Crippen LogP contribution in [0.3, 0.4) is 0 Å². The number of fused-ring (bicyclic) bond motifs is 1. The second-order valence-electron chi connectivity index (χ2n) is 6.96. The molecule has 2 aromatic rings. The number of nitriles is 1. The van der Waals surface area contributed by atoms with Gasteiger partial charge in [0, 0.05) is 25.2 Å². The van der Waals surface area contributed by atoms with Gasteiger partial charge >= 0.3 is 0 Å². The predicted octanol–water partition coefficient (Wildman–Crippen LogP) is 1.85. The van der Waals surface area contributed by atoms with Crippen LogP contribution in [0, 0.1) is 18.3 Å². The molecule has 3 rings (SSSR count). The van der Waals surface area contributed by atoms with Crippen molar-refractivity contribution >= 4 is 21.9 Å². The fourth-order valence-corrected chi connectivity index (χ4v) is 4.77. The molecule has 29 heavy (non-hydrogen) atoms. The Kier molecular flexibility index (Phi) is 5.57. The molecule has 2 unspecified atom stereocenters. The van der Waals surface area contributed by atoms with Gasteiger partial charge in [-0.05, 0) is 24.1 Å².